The van der Waals surface area contributed by atoms with E-state index in [4.69, 9.17) is 5.14 Å². The predicted molar refractivity (Wildman–Crippen MR) is 61.7 cm³/mol. The average molecular weight is 205 g/mol. The number of hydrogen-bond donors (Lipinski definition) is 1. The molecule has 0 aliphatic carbocycles. The van der Waals surface area contributed by atoms with Gasteiger partial charge in [0.15, 0.2) is 0 Å². The largest absolute Gasteiger partial charge is 0.256 e. The van der Waals surface area contributed by atoms with E-state index in [0.717, 1.165) is 10.8 Å². The van der Waals surface area contributed by atoms with E-state index in [9.17, 15) is 4.21 Å². The highest BCUT2D eigenvalue weighted by Crippen LogP contribution is 2.17. The summed E-state index contributed by atoms with van der Waals surface area (Å²) in [6.07, 6.45) is 0. The molecule has 2 aromatic rings. The molecule has 0 radical (unpaired) electrons. The Morgan fingerprint density at radius 1 is 1.07 bits per heavy atom. The van der Waals surface area contributed by atoms with Crippen molar-refractivity contribution in [2.45, 2.75) is 4.90 Å². The summed E-state index contributed by atoms with van der Waals surface area (Å²) < 4.78 is 11.5. The molecule has 0 aliphatic rings. The van der Waals surface area contributed by atoms with Crippen LogP contribution in [0.15, 0.2) is 47.4 Å². The fourth-order valence-corrected chi connectivity index (χ4v) is 2.01. The van der Waals surface area contributed by atoms with E-state index in [1.165, 1.54) is 0 Å². The van der Waals surface area contributed by atoms with Gasteiger partial charge in [0.1, 0.15) is 0 Å². The summed E-state index contributed by atoms with van der Waals surface area (Å²) >= 11 is 0. The molecule has 0 amide bonds. The quantitative estimate of drug-likeness (QED) is 0.709. The van der Waals surface area contributed by atoms with Gasteiger partial charge in [0.05, 0.1) is 9.71 Å². The molecule has 0 heterocycles. The molecule has 0 aromatic heterocycles. The molecular formula is C11H11NOS. The van der Waals surface area contributed by atoms with Gasteiger partial charge in [-0.05, 0) is 28.8 Å². The van der Waals surface area contributed by atoms with E-state index in [1.807, 2.05) is 36.4 Å². The molecule has 2 rings (SSSR count). The number of hydrogen-bond acceptors (Lipinski definition) is 1. The Bertz CT molecular complexity index is 573. The minimum atomic E-state index is -2.59. The number of rotatable bonds is 1. The van der Waals surface area contributed by atoms with Crippen molar-refractivity contribution in [3.63, 3.8) is 0 Å². The van der Waals surface area contributed by atoms with Gasteiger partial charge in [-0.15, -0.1) is 0 Å². The van der Waals surface area contributed by atoms with Crippen molar-refractivity contribution in [3.05, 3.63) is 42.5 Å². The van der Waals surface area contributed by atoms with Gasteiger partial charge in [-0.1, -0.05) is 30.3 Å². The van der Waals surface area contributed by atoms with Gasteiger partial charge >= 0.3 is 0 Å². The summed E-state index contributed by atoms with van der Waals surface area (Å²) in [5.41, 5.74) is 0. The van der Waals surface area contributed by atoms with Crippen LogP contribution in [0, 0.1) is 0 Å². The molecule has 2 nitrogen and oxygen atoms in total. The van der Waals surface area contributed by atoms with Crippen LogP contribution in [0.4, 0.5) is 0 Å². The maximum Gasteiger partial charge on any atom is 0.0508 e. The smallest absolute Gasteiger partial charge is 0.0508 e. The van der Waals surface area contributed by atoms with Crippen LogP contribution >= 0.6 is 0 Å². The second kappa shape index (κ2) is 3.12. The van der Waals surface area contributed by atoms with Gasteiger partial charge in [0, 0.05) is 4.90 Å². The second-order valence-electron chi connectivity index (χ2n) is 3.24. The van der Waals surface area contributed by atoms with Crippen LogP contribution in [0.3, 0.4) is 0 Å². The summed E-state index contributed by atoms with van der Waals surface area (Å²) in [6, 6.07) is 13.4. The summed E-state index contributed by atoms with van der Waals surface area (Å²) in [5, 5.41) is 7.61. The third-order valence-electron chi connectivity index (χ3n) is 2.12. The molecule has 14 heavy (non-hydrogen) atoms. The van der Waals surface area contributed by atoms with Gasteiger partial charge < -0.3 is 0 Å². The van der Waals surface area contributed by atoms with E-state index >= 15 is 0 Å². The number of benzene rings is 2. The third kappa shape index (κ3) is 1.64. The molecule has 0 saturated carbocycles. The SMILES string of the molecule is C=S(N)(=O)c1ccc2ccccc2c1. The minimum absolute atomic E-state index is 0.594. The molecular weight excluding hydrogens is 194 g/mol. The highest BCUT2D eigenvalue weighted by atomic mass is 32.2. The molecule has 0 spiro atoms. The van der Waals surface area contributed by atoms with Crippen molar-refractivity contribution in [2.75, 3.05) is 0 Å². The zero-order valence-corrected chi connectivity index (χ0v) is 8.46. The molecule has 1 unspecified atom stereocenters. The molecule has 2 N–H and O–H groups in total. The van der Waals surface area contributed by atoms with Gasteiger partial charge in [0.25, 0.3) is 0 Å². The van der Waals surface area contributed by atoms with Crippen molar-refractivity contribution in [1.82, 2.24) is 0 Å². The minimum Gasteiger partial charge on any atom is -0.256 e. The maximum atomic E-state index is 11.5. The Morgan fingerprint density at radius 2 is 1.71 bits per heavy atom. The number of nitrogens with two attached hydrogens (primary N) is 1. The van der Waals surface area contributed by atoms with Crippen molar-refractivity contribution >= 4 is 26.4 Å². The molecule has 0 aliphatic heterocycles. The topological polar surface area (TPSA) is 43.1 Å². The zero-order chi connectivity index (χ0) is 10.2. The summed E-state index contributed by atoms with van der Waals surface area (Å²) in [5.74, 6) is 3.45. The van der Waals surface area contributed by atoms with E-state index < -0.39 is 9.71 Å². The zero-order valence-electron chi connectivity index (χ0n) is 7.64. The van der Waals surface area contributed by atoms with Crippen molar-refractivity contribution in [1.29, 1.82) is 0 Å². The van der Waals surface area contributed by atoms with Crippen LogP contribution in [0.5, 0.6) is 0 Å². The lowest BCUT2D eigenvalue weighted by molar-refractivity contribution is 0.682. The number of fused-ring (bicyclic) bond motifs is 1. The summed E-state index contributed by atoms with van der Waals surface area (Å²) in [6.45, 7) is 0. The van der Waals surface area contributed by atoms with Crippen molar-refractivity contribution in [2.24, 2.45) is 5.14 Å². The second-order valence-corrected chi connectivity index (χ2v) is 5.16. The van der Waals surface area contributed by atoms with Crippen LogP contribution in [0.25, 0.3) is 10.8 Å². The normalized spacial score (nSPS) is 15.2. The first-order valence-corrected chi connectivity index (χ1v) is 6.00. The summed E-state index contributed by atoms with van der Waals surface area (Å²) in [7, 11) is -2.59. The van der Waals surface area contributed by atoms with Crippen LogP contribution in [-0.4, -0.2) is 10.1 Å². The first-order valence-electron chi connectivity index (χ1n) is 4.21. The standard InChI is InChI=1S/C11H11NOS/c1-14(12,13)11-7-6-9-4-2-3-5-10(9)8-11/h2-8H,1H2,(H2,12,13). The van der Waals surface area contributed by atoms with Gasteiger partial charge in [-0.25, -0.2) is 4.21 Å². The van der Waals surface area contributed by atoms with Gasteiger partial charge in [-0.2, -0.15) is 0 Å². The fraction of sp³-hybridized carbons (Fsp3) is 0. The molecule has 3 heteroatoms. The summed E-state index contributed by atoms with van der Waals surface area (Å²) in [4.78, 5) is 0.594. The van der Waals surface area contributed by atoms with Crippen LogP contribution in [-0.2, 0) is 9.71 Å². The van der Waals surface area contributed by atoms with E-state index in [-0.39, 0.29) is 0 Å². The van der Waals surface area contributed by atoms with Gasteiger partial charge in [-0.3, -0.25) is 5.14 Å². The van der Waals surface area contributed by atoms with Crippen LogP contribution in [0.2, 0.25) is 0 Å². The lowest BCUT2D eigenvalue weighted by Crippen LogP contribution is -2.11. The van der Waals surface area contributed by atoms with Crippen molar-refractivity contribution < 1.29 is 4.21 Å². The Balaban J connectivity index is 2.75. The first-order chi connectivity index (χ1) is 6.57. The predicted octanol–water partition coefficient (Wildman–Crippen LogP) is 1.79. The average Bonchev–Trinajstić information content (AvgIpc) is 2.16. The fourth-order valence-electron chi connectivity index (χ4n) is 1.38. The third-order valence-corrected chi connectivity index (χ3v) is 3.17. The van der Waals surface area contributed by atoms with Crippen LogP contribution in [0.1, 0.15) is 0 Å². The first kappa shape index (κ1) is 9.24. The van der Waals surface area contributed by atoms with Crippen molar-refractivity contribution in [3.8, 4) is 0 Å². The Hall–Kier alpha value is -1.32. The molecule has 2 aromatic carbocycles. The van der Waals surface area contributed by atoms with Crippen LogP contribution < -0.4 is 5.14 Å². The lowest BCUT2D eigenvalue weighted by Gasteiger charge is -2.04. The molecule has 0 saturated heterocycles. The van der Waals surface area contributed by atoms with Gasteiger partial charge in [0.2, 0.25) is 0 Å². The molecule has 1 atom stereocenters. The van der Waals surface area contributed by atoms with E-state index in [1.54, 1.807) is 6.07 Å². The Labute approximate surface area is 83.5 Å². The Morgan fingerprint density at radius 3 is 2.36 bits per heavy atom. The highest BCUT2D eigenvalue weighted by Gasteiger charge is 2.01. The van der Waals surface area contributed by atoms with E-state index in [2.05, 4.69) is 5.87 Å². The maximum absolute atomic E-state index is 11.5. The molecule has 72 valence electrons. The molecule has 0 fully saturated rings. The Kier molecular flexibility index (Phi) is 2.06. The highest BCUT2D eigenvalue weighted by molar-refractivity contribution is 7.98. The lowest BCUT2D eigenvalue weighted by atomic mass is 10.1. The van der Waals surface area contributed by atoms with E-state index in [0.29, 0.717) is 4.90 Å². The monoisotopic (exact) mass is 205 g/mol. The molecule has 0 bridgehead atoms.